The first-order valence-electron chi connectivity index (χ1n) is 6.94. The molecule has 0 heterocycles. The summed E-state index contributed by atoms with van der Waals surface area (Å²) in [6, 6.07) is 2.48. The van der Waals surface area contributed by atoms with E-state index in [1.165, 1.54) is 0 Å². The van der Waals surface area contributed by atoms with Gasteiger partial charge in [-0.15, -0.1) is 6.58 Å². The number of halogens is 3. The third-order valence-corrected chi connectivity index (χ3v) is 3.16. The predicted octanol–water partition coefficient (Wildman–Crippen LogP) is 2.36. The molecule has 0 aliphatic carbocycles. The third-order valence-electron chi connectivity index (χ3n) is 3.16. The van der Waals surface area contributed by atoms with Crippen molar-refractivity contribution in [1.82, 2.24) is 5.32 Å². The molecule has 0 aliphatic rings. The van der Waals surface area contributed by atoms with E-state index in [0.717, 1.165) is 31.4 Å². The number of carbonyl (C=O) groups excluding carboxylic acids is 2. The zero-order chi connectivity index (χ0) is 18.5. The molecule has 0 saturated carbocycles. The van der Waals surface area contributed by atoms with Crippen LogP contribution in [-0.4, -0.2) is 30.1 Å². The van der Waals surface area contributed by atoms with Crippen molar-refractivity contribution >= 4 is 11.9 Å². The van der Waals surface area contributed by atoms with E-state index in [1.54, 1.807) is 6.92 Å². The number of carbonyl (C=O) groups is 2. The Kier molecular flexibility index (Phi) is 6.53. The van der Waals surface area contributed by atoms with Gasteiger partial charge in [-0.25, -0.2) is 4.79 Å². The van der Waals surface area contributed by atoms with Crippen molar-refractivity contribution in [2.24, 2.45) is 0 Å². The lowest BCUT2D eigenvalue weighted by molar-refractivity contribution is -0.146. The molecule has 132 valence electrons. The van der Waals surface area contributed by atoms with E-state index in [9.17, 15) is 27.9 Å². The standard InChI is InChI=1S/C16H18F3NO4/c1-9(2)8-12(15(23)24-3)20-14(22)13(21)10-4-6-11(7-5-10)16(17,18)19/h4-7,12-13,21H,1,8H2,2-3H3,(H,20,22)/t12-,13-/m0/s1. The Hall–Kier alpha value is -2.35. The van der Waals surface area contributed by atoms with Crippen LogP contribution in [-0.2, 0) is 20.5 Å². The predicted molar refractivity (Wildman–Crippen MR) is 79.8 cm³/mol. The summed E-state index contributed by atoms with van der Waals surface area (Å²) in [4.78, 5) is 23.6. The number of nitrogens with one attached hydrogen (secondary N) is 1. The normalized spacial score (nSPS) is 13.8. The van der Waals surface area contributed by atoms with Gasteiger partial charge in [-0.2, -0.15) is 13.2 Å². The number of rotatable bonds is 6. The zero-order valence-corrected chi connectivity index (χ0v) is 13.2. The number of aliphatic hydroxyl groups is 1. The lowest BCUT2D eigenvalue weighted by atomic mass is 10.0. The largest absolute Gasteiger partial charge is 0.467 e. The van der Waals surface area contributed by atoms with Gasteiger partial charge in [0.25, 0.3) is 5.91 Å². The van der Waals surface area contributed by atoms with Crippen molar-refractivity contribution in [3.63, 3.8) is 0 Å². The Labute approximate surface area is 137 Å². The molecule has 1 aromatic rings. The number of amides is 1. The van der Waals surface area contributed by atoms with Gasteiger partial charge in [-0.3, -0.25) is 4.79 Å². The Balaban J connectivity index is 2.85. The summed E-state index contributed by atoms with van der Waals surface area (Å²) < 4.78 is 42.0. The van der Waals surface area contributed by atoms with Gasteiger partial charge >= 0.3 is 12.1 Å². The van der Waals surface area contributed by atoms with Crippen LogP contribution in [0.4, 0.5) is 13.2 Å². The van der Waals surface area contributed by atoms with Gasteiger partial charge in [-0.05, 0) is 31.0 Å². The van der Waals surface area contributed by atoms with E-state index in [4.69, 9.17) is 0 Å². The fourth-order valence-corrected chi connectivity index (χ4v) is 1.94. The van der Waals surface area contributed by atoms with E-state index in [-0.39, 0.29) is 12.0 Å². The van der Waals surface area contributed by atoms with Crippen LogP contribution < -0.4 is 5.32 Å². The minimum absolute atomic E-state index is 0.0283. The molecule has 0 unspecified atom stereocenters. The highest BCUT2D eigenvalue weighted by atomic mass is 19.4. The van der Waals surface area contributed by atoms with Crippen molar-refractivity contribution in [1.29, 1.82) is 0 Å². The van der Waals surface area contributed by atoms with Crippen LogP contribution in [0.1, 0.15) is 30.6 Å². The van der Waals surface area contributed by atoms with Crippen LogP contribution >= 0.6 is 0 Å². The molecule has 0 aliphatic heterocycles. The number of hydrogen-bond donors (Lipinski definition) is 2. The van der Waals surface area contributed by atoms with E-state index in [0.29, 0.717) is 5.57 Å². The van der Waals surface area contributed by atoms with Crippen LogP contribution in [0.25, 0.3) is 0 Å². The molecule has 1 rings (SSSR count). The van der Waals surface area contributed by atoms with Crippen LogP contribution in [0.3, 0.4) is 0 Å². The average Bonchev–Trinajstić information content (AvgIpc) is 2.51. The highest BCUT2D eigenvalue weighted by molar-refractivity contribution is 5.87. The van der Waals surface area contributed by atoms with Crippen molar-refractivity contribution < 1.29 is 32.6 Å². The lowest BCUT2D eigenvalue weighted by Gasteiger charge is -2.19. The minimum Gasteiger partial charge on any atom is -0.467 e. The van der Waals surface area contributed by atoms with Gasteiger partial charge in [0.05, 0.1) is 12.7 Å². The average molecular weight is 345 g/mol. The maximum absolute atomic E-state index is 12.5. The molecule has 1 aromatic carbocycles. The van der Waals surface area contributed by atoms with Gasteiger partial charge < -0.3 is 15.2 Å². The summed E-state index contributed by atoms with van der Waals surface area (Å²) in [5.74, 6) is -1.64. The van der Waals surface area contributed by atoms with Crippen LogP contribution in [0, 0.1) is 0 Å². The summed E-state index contributed by atoms with van der Waals surface area (Å²) in [6.45, 7) is 5.27. The number of esters is 1. The number of hydrogen-bond acceptors (Lipinski definition) is 4. The van der Waals surface area contributed by atoms with Crippen molar-refractivity contribution in [2.75, 3.05) is 7.11 Å². The monoisotopic (exact) mass is 345 g/mol. The van der Waals surface area contributed by atoms with Crippen LogP contribution in [0.5, 0.6) is 0 Å². The summed E-state index contributed by atoms with van der Waals surface area (Å²) in [7, 11) is 1.15. The van der Waals surface area contributed by atoms with Crippen LogP contribution in [0.15, 0.2) is 36.4 Å². The Morgan fingerprint density at radius 3 is 2.25 bits per heavy atom. The Morgan fingerprint density at radius 1 is 1.29 bits per heavy atom. The van der Waals surface area contributed by atoms with Crippen molar-refractivity contribution in [3.05, 3.63) is 47.5 Å². The topological polar surface area (TPSA) is 75.6 Å². The number of ether oxygens (including phenoxy) is 1. The fourth-order valence-electron chi connectivity index (χ4n) is 1.94. The number of alkyl halides is 3. The molecule has 0 radical (unpaired) electrons. The summed E-state index contributed by atoms with van der Waals surface area (Å²) in [5, 5.41) is 12.2. The van der Waals surface area contributed by atoms with Crippen molar-refractivity contribution in [2.45, 2.75) is 31.7 Å². The van der Waals surface area contributed by atoms with E-state index < -0.39 is 35.8 Å². The quantitative estimate of drug-likeness (QED) is 0.613. The number of benzene rings is 1. The SMILES string of the molecule is C=C(C)C[C@H](NC(=O)[C@@H](O)c1ccc(C(F)(F)F)cc1)C(=O)OC. The van der Waals surface area contributed by atoms with Crippen LogP contribution in [0.2, 0.25) is 0 Å². The smallest absolute Gasteiger partial charge is 0.416 e. The first-order chi connectivity index (χ1) is 11.1. The molecule has 0 aromatic heterocycles. The molecule has 0 saturated heterocycles. The minimum atomic E-state index is -4.51. The molecule has 1 amide bonds. The number of aliphatic hydroxyl groups excluding tert-OH is 1. The molecule has 5 nitrogen and oxygen atoms in total. The van der Waals surface area contributed by atoms with Gasteiger partial charge in [0, 0.05) is 0 Å². The second-order valence-electron chi connectivity index (χ2n) is 5.27. The molecule has 0 fully saturated rings. The van der Waals surface area contributed by atoms with E-state index in [1.807, 2.05) is 0 Å². The molecule has 2 N–H and O–H groups in total. The van der Waals surface area contributed by atoms with Gasteiger partial charge in [0.15, 0.2) is 6.10 Å². The van der Waals surface area contributed by atoms with Gasteiger partial charge in [0.2, 0.25) is 0 Å². The third kappa shape index (κ3) is 5.38. The maximum atomic E-state index is 12.5. The molecule has 0 bridgehead atoms. The van der Waals surface area contributed by atoms with E-state index >= 15 is 0 Å². The first kappa shape index (κ1) is 19.7. The Morgan fingerprint density at radius 2 is 1.83 bits per heavy atom. The fraction of sp³-hybridized carbons (Fsp3) is 0.375. The highest BCUT2D eigenvalue weighted by Crippen LogP contribution is 2.30. The number of methoxy groups -OCH3 is 1. The molecular weight excluding hydrogens is 327 g/mol. The maximum Gasteiger partial charge on any atom is 0.416 e. The second-order valence-corrected chi connectivity index (χ2v) is 5.27. The van der Waals surface area contributed by atoms with Gasteiger partial charge in [-0.1, -0.05) is 17.7 Å². The second kappa shape index (κ2) is 7.96. The van der Waals surface area contributed by atoms with Gasteiger partial charge in [0.1, 0.15) is 6.04 Å². The molecule has 24 heavy (non-hydrogen) atoms. The summed E-state index contributed by atoms with van der Waals surface area (Å²) in [6.07, 6.45) is -6.12. The zero-order valence-electron chi connectivity index (χ0n) is 13.2. The van der Waals surface area contributed by atoms with E-state index in [2.05, 4.69) is 16.6 Å². The molecule has 0 spiro atoms. The Bertz CT molecular complexity index is 611. The summed E-state index contributed by atoms with van der Waals surface area (Å²) >= 11 is 0. The highest BCUT2D eigenvalue weighted by Gasteiger charge is 2.31. The molecular formula is C16H18F3NO4. The molecule has 2 atom stereocenters. The summed E-state index contributed by atoms with van der Waals surface area (Å²) in [5.41, 5.74) is -0.317. The van der Waals surface area contributed by atoms with Crippen molar-refractivity contribution in [3.8, 4) is 0 Å². The lowest BCUT2D eigenvalue weighted by Crippen LogP contribution is -2.43. The first-order valence-corrected chi connectivity index (χ1v) is 6.94. The molecule has 8 heteroatoms.